The smallest absolute Gasteiger partial charge is 0.0541 e. The molecule has 1 aliphatic heterocycles. The van der Waals surface area contributed by atoms with Crippen LogP contribution in [-0.4, -0.2) is 9.13 Å². The normalized spacial score (nSPS) is 15.5. The number of benzene rings is 8. The van der Waals surface area contributed by atoms with Crippen molar-refractivity contribution >= 4 is 66.7 Å². The molecule has 4 heterocycles. The number of rotatable bonds is 7. The lowest BCUT2D eigenvalue weighted by Crippen LogP contribution is -1.92. The van der Waals surface area contributed by atoms with Gasteiger partial charge in [0.15, 0.2) is 0 Å². The second kappa shape index (κ2) is 14.6. The number of para-hydroxylation sites is 4. The van der Waals surface area contributed by atoms with Crippen molar-refractivity contribution in [3.05, 3.63) is 217 Å². The van der Waals surface area contributed by atoms with Gasteiger partial charge in [0, 0.05) is 53.2 Å². The third-order valence-corrected chi connectivity index (χ3v) is 15.5. The largest absolute Gasteiger partial charge is 0.309 e. The summed E-state index contributed by atoms with van der Waals surface area (Å²) in [5, 5.41) is 6.18. The predicted octanol–water partition coefficient (Wildman–Crippen LogP) is 16.3. The Bertz CT molecular complexity index is 3340. The lowest BCUT2D eigenvalue weighted by molar-refractivity contribution is 0.771. The summed E-state index contributed by atoms with van der Waals surface area (Å²) in [5.74, 6) is 0. The summed E-state index contributed by atoms with van der Waals surface area (Å²) >= 11 is 4.10. The van der Waals surface area contributed by atoms with Crippen LogP contribution in [0.2, 0.25) is 0 Å². The van der Waals surface area contributed by atoms with E-state index in [-0.39, 0.29) is 0 Å². The highest BCUT2D eigenvalue weighted by Gasteiger charge is 2.29. The molecule has 11 aromatic rings. The van der Waals surface area contributed by atoms with Crippen molar-refractivity contribution in [2.75, 3.05) is 0 Å². The highest BCUT2D eigenvalue weighted by Crippen LogP contribution is 2.54. The lowest BCUT2D eigenvalue weighted by atomic mass is 9.99. The number of thiophene rings is 1. The molecule has 4 heteroatoms. The molecule has 286 valence electrons. The van der Waals surface area contributed by atoms with E-state index < -0.39 is 0 Å². The van der Waals surface area contributed by atoms with Gasteiger partial charge in [-0.15, -0.1) is 23.1 Å². The molecule has 0 aliphatic carbocycles. The molecule has 2 atom stereocenters. The average Bonchev–Trinajstić information content (AvgIpc) is 4.14. The summed E-state index contributed by atoms with van der Waals surface area (Å²) in [5.41, 5.74) is 15.0. The fraction of sp³-hybridized carbons (Fsp3) is 0.0714. The van der Waals surface area contributed by atoms with Crippen molar-refractivity contribution in [3.8, 4) is 44.1 Å². The number of fused-ring (bicyclic) bond motifs is 6. The first-order valence-electron chi connectivity index (χ1n) is 20.9. The molecule has 0 saturated carbocycles. The number of hydrogen-bond donors (Lipinski definition) is 0. The molecule has 3 aromatic heterocycles. The van der Waals surface area contributed by atoms with Gasteiger partial charge in [0.1, 0.15) is 0 Å². The van der Waals surface area contributed by atoms with Crippen LogP contribution in [0.4, 0.5) is 0 Å². The molecule has 0 spiro atoms. The van der Waals surface area contributed by atoms with Gasteiger partial charge in [0.05, 0.1) is 22.1 Å². The van der Waals surface area contributed by atoms with Crippen LogP contribution in [0.3, 0.4) is 0 Å². The van der Waals surface area contributed by atoms with Gasteiger partial charge in [-0.2, -0.15) is 0 Å². The van der Waals surface area contributed by atoms with E-state index in [0.29, 0.717) is 10.5 Å². The molecule has 1 fully saturated rings. The SMILES string of the molecule is c1ccc(-n2c3ccccc3c3cc(-c4ccc(-c5ccc(C6CCC(c7ccc(-c8ccc9c(c8)c8ccccc8n9-c8ccccc8)cc7)S6)s5)cc4)ccc32)cc1. The maximum absolute atomic E-state index is 2.38. The minimum atomic E-state index is 0.513. The van der Waals surface area contributed by atoms with Crippen molar-refractivity contribution in [2.45, 2.75) is 23.3 Å². The molecule has 1 saturated heterocycles. The Balaban J connectivity index is 0.755. The zero-order chi connectivity index (χ0) is 39.6. The van der Waals surface area contributed by atoms with Gasteiger partial charge < -0.3 is 9.13 Å². The Morgan fingerprint density at radius 1 is 0.350 bits per heavy atom. The first kappa shape index (κ1) is 35.4. The van der Waals surface area contributed by atoms with Crippen LogP contribution in [-0.2, 0) is 0 Å². The van der Waals surface area contributed by atoms with Gasteiger partial charge in [-0.25, -0.2) is 0 Å². The van der Waals surface area contributed by atoms with Crippen molar-refractivity contribution < 1.29 is 0 Å². The number of hydrogen-bond acceptors (Lipinski definition) is 2. The van der Waals surface area contributed by atoms with E-state index in [1.807, 2.05) is 11.3 Å². The second-order valence-corrected chi connectivity index (χ2v) is 18.5. The van der Waals surface area contributed by atoms with E-state index in [0.717, 1.165) is 0 Å². The fourth-order valence-electron chi connectivity index (χ4n) is 9.51. The van der Waals surface area contributed by atoms with Crippen molar-refractivity contribution in [1.29, 1.82) is 0 Å². The average molecular weight is 805 g/mol. The third-order valence-electron chi connectivity index (χ3n) is 12.5. The maximum atomic E-state index is 2.38. The van der Waals surface area contributed by atoms with E-state index in [9.17, 15) is 0 Å². The molecule has 0 amide bonds. The fourth-order valence-corrected chi connectivity index (χ4v) is 12.3. The highest BCUT2D eigenvalue weighted by molar-refractivity contribution is 8.00. The van der Waals surface area contributed by atoms with Crippen LogP contribution >= 0.6 is 23.1 Å². The molecule has 0 bridgehead atoms. The van der Waals surface area contributed by atoms with Crippen LogP contribution in [0.15, 0.2) is 206 Å². The topological polar surface area (TPSA) is 9.86 Å². The van der Waals surface area contributed by atoms with E-state index in [1.165, 1.54) is 111 Å². The Kier molecular flexibility index (Phi) is 8.60. The summed E-state index contributed by atoms with van der Waals surface area (Å²) in [4.78, 5) is 2.83. The molecule has 8 aromatic carbocycles. The first-order valence-corrected chi connectivity index (χ1v) is 22.6. The lowest BCUT2D eigenvalue weighted by Gasteiger charge is -2.12. The zero-order valence-corrected chi connectivity index (χ0v) is 34.5. The minimum absolute atomic E-state index is 0.513. The molecule has 0 N–H and O–H groups in total. The second-order valence-electron chi connectivity index (χ2n) is 15.9. The summed E-state index contributed by atoms with van der Waals surface area (Å²) in [6.45, 7) is 0. The van der Waals surface area contributed by atoms with Gasteiger partial charge in [0.25, 0.3) is 0 Å². The number of nitrogens with zero attached hydrogens (tertiary/aromatic N) is 2. The molecular formula is C56H40N2S2. The summed E-state index contributed by atoms with van der Waals surface area (Å²) in [7, 11) is 0. The molecule has 1 aliphatic rings. The van der Waals surface area contributed by atoms with E-state index in [2.05, 4.69) is 227 Å². The van der Waals surface area contributed by atoms with E-state index >= 15 is 0 Å². The third kappa shape index (κ3) is 6.01. The van der Waals surface area contributed by atoms with Crippen LogP contribution in [0.1, 0.15) is 33.8 Å². The Hall–Kier alpha value is -6.59. The van der Waals surface area contributed by atoms with Gasteiger partial charge >= 0.3 is 0 Å². The summed E-state index contributed by atoms with van der Waals surface area (Å²) in [6, 6.07) is 76.0. The predicted molar refractivity (Wildman–Crippen MR) is 258 cm³/mol. The van der Waals surface area contributed by atoms with Crippen LogP contribution in [0, 0.1) is 0 Å². The Morgan fingerprint density at radius 2 is 0.800 bits per heavy atom. The quantitative estimate of drug-likeness (QED) is 0.156. The van der Waals surface area contributed by atoms with Crippen LogP contribution < -0.4 is 0 Å². The minimum Gasteiger partial charge on any atom is -0.309 e. The maximum Gasteiger partial charge on any atom is 0.0541 e. The molecule has 2 unspecified atom stereocenters. The van der Waals surface area contributed by atoms with Crippen molar-refractivity contribution in [3.63, 3.8) is 0 Å². The molecule has 2 nitrogen and oxygen atoms in total. The molecular weight excluding hydrogens is 765 g/mol. The Labute approximate surface area is 358 Å². The standard InChI is InChI=1S/C56H40N2S2/c1-3-11-43(12-4-1)57-49-17-9-7-15-45(49)47-35-41(27-29-51(47)57)37-19-23-39(24-20-37)53-31-33-55(59-53)56-34-32-54(60-56)40-25-21-38(22-26-40)42-28-30-52-48(36-42)46-16-8-10-18-50(46)58(52)44-13-5-2-6-14-44/h1-31,33,35-36,54,56H,32,34H2. The van der Waals surface area contributed by atoms with Gasteiger partial charge in [0.2, 0.25) is 0 Å². The van der Waals surface area contributed by atoms with Gasteiger partial charge in [-0.3, -0.25) is 0 Å². The number of aromatic nitrogens is 2. The monoisotopic (exact) mass is 804 g/mol. The van der Waals surface area contributed by atoms with Crippen LogP contribution in [0.25, 0.3) is 87.7 Å². The molecule has 12 rings (SSSR count). The van der Waals surface area contributed by atoms with Crippen molar-refractivity contribution in [2.24, 2.45) is 0 Å². The number of thioether (sulfide) groups is 1. The highest BCUT2D eigenvalue weighted by atomic mass is 32.2. The van der Waals surface area contributed by atoms with Crippen molar-refractivity contribution in [1.82, 2.24) is 9.13 Å². The van der Waals surface area contributed by atoms with E-state index in [1.54, 1.807) is 0 Å². The Morgan fingerprint density at radius 3 is 1.37 bits per heavy atom. The van der Waals surface area contributed by atoms with Gasteiger partial charge in [-0.1, -0.05) is 133 Å². The van der Waals surface area contributed by atoms with Gasteiger partial charge in [-0.05, 0) is 119 Å². The molecule has 0 radical (unpaired) electrons. The molecule has 60 heavy (non-hydrogen) atoms. The summed E-state index contributed by atoms with van der Waals surface area (Å²) in [6.07, 6.45) is 2.41. The summed E-state index contributed by atoms with van der Waals surface area (Å²) < 4.78 is 4.76. The van der Waals surface area contributed by atoms with E-state index in [4.69, 9.17) is 0 Å². The first-order chi connectivity index (χ1) is 29.7. The van der Waals surface area contributed by atoms with Crippen LogP contribution in [0.5, 0.6) is 0 Å². The zero-order valence-electron chi connectivity index (χ0n) is 32.9.